The molecule has 19 heavy (non-hydrogen) atoms. The summed E-state index contributed by atoms with van der Waals surface area (Å²) in [5, 5.41) is 8.91. The van der Waals surface area contributed by atoms with E-state index in [0.29, 0.717) is 19.1 Å². The Morgan fingerprint density at radius 1 is 1.37 bits per heavy atom. The molecule has 1 fully saturated rings. The van der Waals surface area contributed by atoms with E-state index in [1.807, 2.05) is 0 Å². The van der Waals surface area contributed by atoms with Crippen molar-refractivity contribution in [1.82, 2.24) is 0 Å². The summed E-state index contributed by atoms with van der Waals surface area (Å²) in [6, 6.07) is 2.35. The van der Waals surface area contributed by atoms with Gasteiger partial charge in [-0.25, -0.2) is 8.78 Å². The third-order valence-electron chi connectivity index (χ3n) is 3.43. The Hall–Kier alpha value is -1.20. The van der Waals surface area contributed by atoms with Crippen molar-refractivity contribution in [2.75, 3.05) is 31.7 Å². The lowest BCUT2D eigenvalue weighted by molar-refractivity contribution is 0.0575. The Labute approximate surface area is 111 Å². The highest BCUT2D eigenvalue weighted by atomic mass is 19.1. The highest BCUT2D eigenvalue weighted by molar-refractivity contribution is 5.50. The third kappa shape index (κ3) is 3.42. The summed E-state index contributed by atoms with van der Waals surface area (Å²) in [5.41, 5.74) is 0.205. The minimum Gasteiger partial charge on any atom is -0.392 e. The molecule has 0 saturated carbocycles. The molecule has 1 unspecified atom stereocenters. The van der Waals surface area contributed by atoms with E-state index in [0.717, 1.165) is 19.4 Å². The summed E-state index contributed by atoms with van der Waals surface area (Å²) in [5.74, 6) is -0.971. The first-order chi connectivity index (χ1) is 9.11. The number of nitrogens with zero attached hydrogens (tertiary/aromatic N) is 1. The standard InChI is InChI=1S/C14H19F2NO2/c1-17(7-10-3-2-4-19-9-10)14-12(15)5-11(8-18)6-13(14)16/h5-6,10,18H,2-4,7-9H2,1H3. The summed E-state index contributed by atoms with van der Waals surface area (Å²) >= 11 is 0. The van der Waals surface area contributed by atoms with E-state index >= 15 is 0 Å². The molecule has 0 bridgehead atoms. The Morgan fingerprint density at radius 2 is 2.05 bits per heavy atom. The molecule has 1 aromatic rings. The molecule has 0 amide bonds. The molecule has 0 aliphatic carbocycles. The maximum atomic E-state index is 13.9. The number of hydrogen-bond donors (Lipinski definition) is 1. The molecule has 1 saturated heterocycles. The van der Waals surface area contributed by atoms with Gasteiger partial charge in [0.1, 0.15) is 17.3 Å². The number of rotatable bonds is 4. The third-order valence-corrected chi connectivity index (χ3v) is 3.43. The van der Waals surface area contributed by atoms with Gasteiger partial charge in [0.25, 0.3) is 0 Å². The maximum Gasteiger partial charge on any atom is 0.149 e. The first-order valence-electron chi connectivity index (χ1n) is 6.49. The maximum absolute atomic E-state index is 13.9. The van der Waals surface area contributed by atoms with Gasteiger partial charge >= 0.3 is 0 Å². The van der Waals surface area contributed by atoms with E-state index in [1.165, 1.54) is 12.1 Å². The molecule has 2 rings (SSSR count). The number of anilines is 1. The van der Waals surface area contributed by atoms with E-state index in [-0.39, 0.29) is 17.9 Å². The van der Waals surface area contributed by atoms with Crippen molar-refractivity contribution >= 4 is 5.69 Å². The van der Waals surface area contributed by atoms with E-state index < -0.39 is 11.6 Å². The molecule has 1 aliphatic rings. The van der Waals surface area contributed by atoms with Gasteiger partial charge in [0, 0.05) is 20.2 Å². The molecular formula is C14H19F2NO2. The second kappa shape index (κ2) is 6.30. The van der Waals surface area contributed by atoms with Crippen molar-refractivity contribution in [1.29, 1.82) is 0 Å². The molecule has 106 valence electrons. The SMILES string of the molecule is CN(CC1CCCOC1)c1c(F)cc(CO)cc1F. The fourth-order valence-corrected chi connectivity index (χ4v) is 2.50. The monoisotopic (exact) mass is 271 g/mol. The van der Waals surface area contributed by atoms with Crippen LogP contribution in [0.4, 0.5) is 14.5 Å². The van der Waals surface area contributed by atoms with Crippen LogP contribution < -0.4 is 4.90 Å². The summed E-state index contributed by atoms with van der Waals surface area (Å²) in [6.07, 6.45) is 2.01. The van der Waals surface area contributed by atoms with Crippen LogP contribution in [0.15, 0.2) is 12.1 Å². The molecule has 1 heterocycles. The van der Waals surface area contributed by atoms with Crippen molar-refractivity contribution in [2.45, 2.75) is 19.4 Å². The Morgan fingerprint density at radius 3 is 2.58 bits per heavy atom. The van der Waals surface area contributed by atoms with Crippen LogP contribution in [0.25, 0.3) is 0 Å². The highest BCUT2D eigenvalue weighted by Crippen LogP contribution is 2.26. The van der Waals surface area contributed by atoms with Gasteiger partial charge in [-0.1, -0.05) is 0 Å². The van der Waals surface area contributed by atoms with Crippen molar-refractivity contribution in [3.63, 3.8) is 0 Å². The summed E-state index contributed by atoms with van der Waals surface area (Å²) < 4.78 is 33.1. The van der Waals surface area contributed by atoms with Crippen LogP contribution in [0.3, 0.4) is 0 Å². The Kier molecular flexibility index (Phi) is 4.71. The zero-order valence-electron chi connectivity index (χ0n) is 11.0. The number of benzene rings is 1. The lowest BCUT2D eigenvalue weighted by Crippen LogP contribution is -2.31. The number of aliphatic hydroxyl groups is 1. The molecule has 0 spiro atoms. The van der Waals surface area contributed by atoms with Crippen molar-refractivity contribution < 1.29 is 18.6 Å². The van der Waals surface area contributed by atoms with E-state index in [4.69, 9.17) is 9.84 Å². The van der Waals surface area contributed by atoms with Gasteiger partial charge in [0.05, 0.1) is 13.2 Å². The molecule has 5 heteroatoms. The number of aliphatic hydroxyl groups excluding tert-OH is 1. The van der Waals surface area contributed by atoms with Gasteiger partial charge in [-0.15, -0.1) is 0 Å². The molecule has 1 aliphatic heterocycles. The van der Waals surface area contributed by atoms with E-state index in [9.17, 15) is 8.78 Å². The fraction of sp³-hybridized carbons (Fsp3) is 0.571. The minimum atomic E-state index is -0.636. The van der Waals surface area contributed by atoms with Gasteiger partial charge in [0.2, 0.25) is 0 Å². The van der Waals surface area contributed by atoms with Gasteiger partial charge in [0.15, 0.2) is 0 Å². The minimum absolute atomic E-state index is 0.0391. The molecule has 0 radical (unpaired) electrons. The van der Waals surface area contributed by atoms with Crippen LogP contribution in [0, 0.1) is 17.6 Å². The molecule has 1 N–H and O–H groups in total. The predicted octanol–water partition coefficient (Wildman–Crippen LogP) is 2.32. The summed E-state index contributed by atoms with van der Waals surface area (Å²) in [4.78, 5) is 1.59. The first-order valence-corrected chi connectivity index (χ1v) is 6.49. The normalized spacial score (nSPS) is 19.5. The quantitative estimate of drug-likeness (QED) is 0.912. The average molecular weight is 271 g/mol. The molecule has 3 nitrogen and oxygen atoms in total. The lowest BCUT2D eigenvalue weighted by Gasteiger charge is -2.29. The highest BCUT2D eigenvalue weighted by Gasteiger charge is 2.20. The van der Waals surface area contributed by atoms with Gasteiger partial charge in [-0.05, 0) is 36.5 Å². The van der Waals surface area contributed by atoms with Gasteiger partial charge in [-0.2, -0.15) is 0 Å². The number of hydrogen-bond acceptors (Lipinski definition) is 3. The van der Waals surface area contributed by atoms with Crippen LogP contribution in [-0.2, 0) is 11.3 Å². The molecule has 0 aromatic heterocycles. The topological polar surface area (TPSA) is 32.7 Å². The van der Waals surface area contributed by atoms with Crippen molar-refractivity contribution in [2.24, 2.45) is 5.92 Å². The predicted molar refractivity (Wildman–Crippen MR) is 69.1 cm³/mol. The number of ether oxygens (including phenoxy) is 1. The Balaban J connectivity index is 2.11. The first kappa shape index (κ1) is 14.2. The zero-order chi connectivity index (χ0) is 13.8. The fourth-order valence-electron chi connectivity index (χ4n) is 2.50. The average Bonchev–Trinajstić information content (AvgIpc) is 2.38. The van der Waals surface area contributed by atoms with Gasteiger partial charge < -0.3 is 14.7 Å². The van der Waals surface area contributed by atoms with Gasteiger partial charge in [-0.3, -0.25) is 0 Å². The van der Waals surface area contributed by atoms with Crippen LogP contribution in [0.5, 0.6) is 0 Å². The van der Waals surface area contributed by atoms with Crippen LogP contribution in [-0.4, -0.2) is 31.9 Å². The molecule has 1 aromatic carbocycles. The van der Waals surface area contributed by atoms with Crippen LogP contribution >= 0.6 is 0 Å². The zero-order valence-corrected chi connectivity index (χ0v) is 11.0. The van der Waals surface area contributed by atoms with Crippen molar-refractivity contribution in [3.8, 4) is 0 Å². The van der Waals surface area contributed by atoms with Crippen LogP contribution in [0.1, 0.15) is 18.4 Å². The molecular weight excluding hydrogens is 252 g/mol. The van der Waals surface area contributed by atoms with Crippen molar-refractivity contribution in [3.05, 3.63) is 29.3 Å². The smallest absolute Gasteiger partial charge is 0.149 e. The van der Waals surface area contributed by atoms with E-state index in [2.05, 4.69) is 0 Å². The van der Waals surface area contributed by atoms with E-state index in [1.54, 1.807) is 11.9 Å². The second-order valence-electron chi connectivity index (χ2n) is 5.03. The lowest BCUT2D eigenvalue weighted by atomic mass is 10.0. The summed E-state index contributed by atoms with van der Waals surface area (Å²) in [6.45, 7) is 1.61. The Bertz CT molecular complexity index is 410. The summed E-state index contributed by atoms with van der Waals surface area (Å²) in [7, 11) is 1.68. The molecule has 1 atom stereocenters. The second-order valence-corrected chi connectivity index (χ2v) is 5.03. The van der Waals surface area contributed by atoms with Crippen LogP contribution in [0.2, 0.25) is 0 Å². The number of halogens is 2. The largest absolute Gasteiger partial charge is 0.392 e.